The molecule has 0 saturated carbocycles. The minimum absolute atomic E-state index is 0.0235. The maximum Gasteiger partial charge on any atom is 0.312 e. The predicted octanol–water partition coefficient (Wildman–Crippen LogP) is 3.71. The minimum Gasteiger partial charge on any atom is -0.466 e. The molecule has 3 aliphatic heterocycles. The number of unbranched alkanes of at least 4 members (excludes halogenated alkanes) is 2. The monoisotopic (exact) mass is 520 g/mol. The Morgan fingerprint density at radius 1 is 1.22 bits per heavy atom. The smallest absolute Gasteiger partial charge is 0.312 e. The van der Waals surface area contributed by atoms with Crippen LogP contribution in [0.1, 0.15) is 87.0 Å². The fraction of sp³-hybridized carbons (Fsp3) is 0.828. The topological polar surface area (TPSA) is 96.4 Å². The van der Waals surface area contributed by atoms with Crippen LogP contribution in [-0.2, 0) is 23.9 Å². The summed E-state index contributed by atoms with van der Waals surface area (Å²) in [6.45, 7) is 19.2. The third-order valence-electron chi connectivity index (χ3n) is 8.38. The molecule has 1 spiro atoms. The number of carbonyl (C=O) groups excluding carboxylic acids is 3. The Morgan fingerprint density at radius 2 is 1.89 bits per heavy atom. The Bertz CT molecular complexity index is 895. The Labute approximate surface area is 222 Å². The van der Waals surface area contributed by atoms with Crippen LogP contribution in [0.25, 0.3) is 0 Å². The summed E-state index contributed by atoms with van der Waals surface area (Å²) in [6.07, 6.45) is 5.66. The maximum atomic E-state index is 14.6. The lowest BCUT2D eigenvalue weighted by Gasteiger charge is -2.45. The average Bonchev–Trinajstić information content (AvgIpc) is 3.34. The lowest BCUT2D eigenvalue weighted by molar-refractivity contribution is -0.161. The molecule has 0 aromatic rings. The SMILES string of the molecule is C=CCN(C(=O)C1N(CCCCCO)C(=O)[C@@H]2[C@@H](C(=O)OCC)[C@@]3(C)CCC12O3)C(C)(C)CC(C)(C)C. The van der Waals surface area contributed by atoms with E-state index in [1.807, 2.05) is 11.8 Å². The summed E-state index contributed by atoms with van der Waals surface area (Å²) in [5, 5.41) is 9.23. The molecule has 0 radical (unpaired) electrons. The number of esters is 1. The molecule has 5 atom stereocenters. The molecule has 2 unspecified atom stereocenters. The number of rotatable bonds is 12. The second kappa shape index (κ2) is 10.7. The van der Waals surface area contributed by atoms with Gasteiger partial charge in [0.1, 0.15) is 17.6 Å². The number of hydrogen-bond acceptors (Lipinski definition) is 6. The van der Waals surface area contributed by atoms with Gasteiger partial charge in [-0.2, -0.15) is 0 Å². The molecule has 0 aromatic carbocycles. The fourth-order valence-corrected chi connectivity index (χ4v) is 7.41. The van der Waals surface area contributed by atoms with Gasteiger partial charge in [0.25, 0.3) is 0 Å². The molecule has 3 heterocycles. The van der Waals surface area contributed by atoms with E-state index in [4.69, 9.17) is 9.47 Å². The number of likely N-dealkylation sites (tertiary alicyclic amines) is 1. The summed E-state index contributed by atoms with van der Waals surface area (Å²) in [4.78, 5) is 45.3. The van der Waals surface area contributed by atoms with Gasteiger partial charge in [-0.25, -0.2) is 0 Å². The summed E-state index contributed by atoms with van der Waals surface area (Å²) in [7, 11) is 0. The van der Waals surface area contributed by atoms with Crippen LogP contribution in [0, 0.1) is 17.3 Å². The third kappa shape index (κ3) is 5.33. The van der Waals surface area contributed by atoms with E-state index in [0.717, 1.165) is 12.8 Å². The van der Waals surface area contributed by atoms with Crippen LogP contribution in [-0.4, -0.2) is 81.8 Å². The van der Waals surface area contributed by atoms with Crippen molar-refractivity contribution >= 4 is 17.8 Å². The van der Waals surface area contributed by atoms with Gasteiger partial charge in [-0.15, -0.1) is 6.58 Å². The molecule has 0 aliphatic carbocycles. The zero-order chi connectivity index (χ0) is 27.8. The van der Waals surface area contributed by atoms with Gasteiger partial charge in [0.15, 0.2) is 0 Å². The highest BCUT2D eigenvalue weighted by molar-refractivity contribution is 5.98. The Hall–Kier alpha value is -1.93. The number of ether oxygens (including phenoxy) is 2. The molecular formula is C29H48N2O6. The van der Waals surface area contributed by atoms with Gasteiger partial charge in [-0.1, -0.05) is 26.8 Å². The lowest BCUT2D eigenvalue weighted by Crippen LogP contribution is -2.61. The number of hydrogen-bond donors (Lipinski definition) is 1. The summed E-state index contributed by atoms with van der Waals surface area (Å²) in [5.41, 5.74) is -2.41. The van der Waals surface area contributed by atoms with Crippen molar-refractivity contribution in [1.82, 2.24) is 9.80 Å². The first kappa shape index (κ1) is 29.6. The quantitative estimate of drug-likeness (QED) is 0.239. The van der Waals surface area contributed by atoms with Crippen LogP contribution in [0.2, 0.25) is 0 Å². The molecule has 2 bridgehead atoms. The van der Waals surface area contributed by atoms with Crippen LogP contribution >= 0.6 is 0 Å². The number of aliphatic hydroxyl groups excluding tert-OH is 1. The highest BCUT2D eigenvalue weighted by atomic mass is 16.6. The number of carbonyl (C=O) groups is 3. The van der Waals surface area contributed by atoms with Crippen molar-refractivity contribution in [2.45, 2.75) is 110 Å². The molecule has 37 heavy (non-hydrogen) atoms. The number of aliphatic hydroxyl groups is 1. The van der Waals surface area contributed by atoms with E-state index in [2.05, 4.69) is 41.2 Å². The van der Waals surface area contributed by atoms with Gasteiger partial charge in [-0.05, 0) is 71.6 Å². The molecule has 8 nitrogen and oxygen atoms in total. The van der Waals surface area contributed by atoms with Crippen molar-refractivity contribution in [3.8, 4) is 0 Å². The Morgan fingerprint density at radius 3 is 2.46 bits per heavy atom. The second-order valence-corrected chi connectivity index (χ2v) is 13.1. The zero-order valence-electron chi connectivity index (χ0n) is 24.0. The standard InChI is InChI=1S/C29H48N2O6/c1-9-16-31(27(6,7)19-26(3,4)5)24(34)22-29-15-14-28(8,37-29)21(25(35)36-10-2)20(29)23(33)30(22)17-12-11-13-18-32/h9,20-22,32H,1,10-19H2,2-8H3/t20-,21-,22?,28+,29?/m0/s1. The molecule has 1 N–H and O–H groups in total. The van der Waals surface area contributed by atoms with Crippen LogP contribution in [0.4, 0.5) is 0 Å². The van der Waals surface area contributed by atoms with Gasteiger partial charge in [0.05, 0.1) is 18.1 Å². The first-order chi connectivity index (χ1) is 17.2. The minimum atomic E-state index is -1.06. The molecule has 3 fully saturated rings. The van der Waals surface area contributed by atoms with Crippen molar-refractivity contribution in [2.24, 2.45) is 17.3 Å². The summed E-state index contributed by atoms with van der Waals surface area (Å²) in [6, 6.07) is -0.820. The molecular weight excluding hydrogens is 472 g/mol. The Balaban J connectivity index is 2.06. The van der Waals surface area contributed by atoms with Gasteiger partial charge >= 0.3 is 5.97 Å². The second-order valence-electron chi connectivity index (χ2n) is 13.1. The van der Waals surface area contributed by atoms with Gasteiger partial charge in [-0.3, -0.25) is 14.4 Å². The van der Waals surface area contributed by atoms with E-state index in [9.17, 15) is 19.5 Å². The molecule has 3 saturated heterocycles. The van der Waals surface area contributed by atoms with Gasteiger partial charge < -0.3 is 24.4 Å². The molecule has 3 aliphatic rings. The van der Waals surface area contributed by atoms with E-state index in [-0.39, 0.29) is 30.4 Å². The average molecular weight is 521 g/mol. The zero-order valence-corrected chi connectivity index (χ0v) is 24.0. The van der Waals surface area contributed by atoms with E-state index in [0.29, 0.717) is 38.8 Å². The summed E-state index contributed by atoms with van der Waals surface area (Å²) in [5.74, 6) is -2.25. The highest BCUT2D eigenvalue weighted by Crippen LogP contribution is 2.63. The first-order valence-electron chi connectivity index (χ1n) is 13.9. The number of nitrogens with zero attached hydrogens (tertiary/aromatic N) is 2. The van der Waals surface area contributed by atoms with Crippen LogP contribution < -0.4 is 0 Å². The largest absolute Gasteiger partial charge is 0.466 e. The van der Waals surface area contributed by atoms with Crippen molar-refractivity contribution in [3.05, 3.63) is 12.7 Å². The molecule has 210 valence electrons. The van der Waals surface area contributed by atoms with E-state index < -0.39 is 40.6 Å². The molecule has 2 amide bonds. The summed E-state index contributed by atoms with van der Waals surface area (Å²) >= 11 is 0. The predicted molar refractivity (Wildman–Crippen MR) is 142 cm³/mol. The highest BCUT2D eigenvalue weighted by Gasteiger charge is 2.78. The van der Waals surface area contributed by atoms with Crippen LogP contribution in [0.15, 0.2) is 12.7 Å². The van der Waals surface area contributed by atoms with E-state index in [1.54, 1.807) is 17.9 Å². The maximum absolute atomic E-state index is 14.6. The van der Waals surface area contributed by atoms with Crippen LogP contribution in [0.3, 0.4) is 0 Å². The van der Waals surface area contributed by atoms with Gasteiger partial charge in [0, 0.05) is 25.2 Å². The molecule has 8 heteroatoms. The molecule has 3 rings (SSSR count). The summed E-state index contributed by atoms with van der Waals surface area (Å²) < 4.78 is 12.1. The van der Waals surface area contributed by atoms with Gasteiger partial charge in [0.2, 0.25) is 11.8 Å². The number of amides is 2. The molecule has 0 aromatic heterocycles. The van der Waals surface area contributed by atoms with E-state index in [1.165, 1.54) is 0 Å². The Kier molecular flexibility index (Phi) is 8.55. The number of fused-ring (bicyclic) bond motifs is 1. The van der Waals surface area contributed by atoms with Crippen molar-refractivity contribution < 1.29 is 29.0 Å². The van der Waals surface area contributed by atoms with Crippen molar-refractivity contribution in [2.75, 3.05) is 26.3 Å². The normalized spacial score (nSPS) is 31.0. The van der Waals surface area contributed by atoms with Crippen LogP contribution in [0.5, 0.6) is 0 Å². The lowest BCUT2D eigenvalue weighted by atomic mass is 9.66. The third-order valence-corrected chi connectivity index (χ3v) is 8.38. The van der Waals surface area contributed by atoms with Crippen molar-refractivity contribution in [1.29, 1.82) is 0 Å². The fourth-order valence-electron chi connectivity index (χ4n) is 7.41. The van der Waals surface area contributed by atoms with Crippen molar-refractivity contribution in [3.63, 3.8) is 0 Å². The van der Waals surface area contributed by atoms with E-state index >= 15 is 0 Å². The first-order valence-corrected chi connectivity index (χ1v) is 13.9.